The van der Waals surface area contributed by atoms with E-state index in [1.165, 1.54) is 12.1 Å². The maximum atomic E-state index is 13.8. The van der Waals surface area contributed by atoms with Crippen molar-refractivity contribution in [1.82, 2.24) is 14.8 Å². The van der Waals surface area contributed by atoms with Gasteiger partial charge in [0.15, 0.2) is 0 Å². The van der Waals surface area contributed by atoms with E-state index in [0.29, 0.717) is 43.0 Å². The van der Waals surface area contributed by atoms with E-state index in [0.717, 1.165) is 11.3 Å². The summed E-state index contributed by atoms with van der Waals surface area (Å²) >= 11 is 0. The Hall–Kier alpha value is -3.18. The van der Waals surface area contributed by atoms with Gasteiger partial charge in [-0.05, 0) is 63.5 Å². The van der Waals surface area contributed by atoms with Gasteiger partial charge in [-0.2, -0.15) is 5.26 Å². The summed E-state index contributed by atoms with van der Waals surface area (Å²) in [4.78, 5) is 26.5. The molecule has 0 atom stereocenters. The topological polar surface area (TPSA) is 90.2 Å². The quantitative estimate of drug-likeness (QED) is 0.791. The zero-order valence-electron chi connectivity index (χ0n) is 17.5. The maximum absolute atomic E-state index is 13.8. The molecule has 0 aliphatic carbocycles. The molecule has 1 aromatic carbocycles. The van der Waals surface area contributed by atoms with Gasteiger partial charge in [0.05, 0.1) is 17.8 Å². The molecule has 1 aromatic heterocycles. The van der Waals surface area contributed by atoms with Crippen LogP contribution in [0.25, 0.3) is 5.69 Å². The van der Waals surface area contributed by atoms with Crippen molar-refractivity contribution in [2.45, 2.75) is 26.7 Å². The Balaban J connectivity index is 1.78. The Morgan fingerprint density at radius 2 is 1.97 bits per heavy atom. The minimum Gasteiger partial charge on any atom is -0.359 e. The summed E-state index contributed by atoms with van der Waals surface area (Å²) in [6, 6.07) is 8.19. The van der Waals surface area contributed by atoms with E-state index in [9.17, 15) is 19.2 Å². The highest BCUT2D eigenvalue weighted by atomic mass is 19.1. The van der Waals surface area contributed by atoms with E-state index in [1.54, 1.807) is 23.7 Å². The first kappa shape index (κ1) is 21.5. The fraction of sp³-hybridized carbons (Fsp3) is 0.409. The largest absolute Gasteiger partial charge is 0.359 e. The molecule has 0 radical (unpaired) electrons. The van der Waals surface area contributed by atoms with Crippen molar-refractivity contribution in [3.63, 3.8) is 0 Å². The molecular formula is C22H26FN5O2. The van der Waals surface area contributed by atoms with Crippen LogP contribution in [-0.2, 0) is 9.59 Å². The normalized spacial score (nSPS) is 14.9. The summed E-state index contributed by atoms with van der Waals surface area (Å²) in [6.07, 6.45) is 1.41. The molecule has 1 fully saturated rings. The van der Waals surface area contributed by atoms with Crippen LogP contribution in [0.1, 0.15) is 29.7 Å². The average molecular weight is 411 g/mol. The maximum Gasteiger partial charge on any atom is 0.239 e. The van der Waals surface area contributed by atoms with Crippen molar-refractivity contribution in [1.29, 1.82) is 5.26 Å². The van der Waals surface area contributed by atoms with Crippen LogP contribution in [0.4, 0.5) is 10.2 Å². The smallest absolute Gasteiger partial charge is 0.239 e. The summed E-state index contributed by atoms with van der Waals surface area (Å²) in [5, 5.41) is 15.2. The lowest BCUT2D eigenvalue weighted by Gasteiger charge is -2.30. The third-order valence-corrected chi connectivity index (χ3v) is 5.72. The van der Waals surface area contributed by atoms with Crippen molar-refractivity contribution in [3.05, 3.63) is 46.9 Å². The first-order chi connectivity index (χ1) is 14.3. The third-order valence-electron chi connectivity index (χ3n) is 5.72. The SMILES string of the molecule is CNC(=O)C1CCN(CC(=O)Nc2c(C#N)c(C)c(C)n2-c2cccc(F)c2)CC1. The van der Waals surface area contributed by atoms with Crippen molar-refractivity contribution >= 4 is 17.6 Å². The fourth-order valence-corrected chi connectivity index (χ4v) is 3.93. The molecule has 2 amide bonds. The molecule has 1 aliphatic heterocycles. The number of nitrogens with one attached hydrogen (secondary N) is 2. The van der Waals surface area contributed by atoms with Gasteiger partial charge >= 0.3 is 0 Å². The molecule has 2 N–H and O–H groups in total. The first-order valence-electron chi connectivity index (χ1n) is 9.97. The standard InChI is InChI=1S/C22H26FN5O2/c1-14-15(2)28(18-6-4-5-17(23)11-18)21(19(14)12-24)26-20(29)13-27-9-7-16(8-10-27)22(30)25-3/h4-6,11,16H,7-10,13H2,1-3H3,(H,25,30)(H,26,29). The number of amides is 2. The number of nitriles is 1. The highest BCUT2D eigenvalue weighted by molar-refractivity contribution is 5.93. The molecule has 30 heavy (non-hydrogen) atoms. The number of nitrogens with zero attached hydrogens (tertiary/aromatic N) is 3. The lowest BCUT2D eigenvalue weighted by molar-refractivity contribution is -0.126. The van der Waals surface area contributed by atoms with Crippen LogP contribution >= 0.6 is 0 Å². The minimum atomic E-state index is -0.395. The van der Waals surface area contributed by atoms with Gasteiger partial charge in [0.25, 0.3) is 0 Å². The second-order valence-corrected chi connectivity index (χ2v) is 7.57. The number of carbonyl (C=O) groups is 2. The highest BCUT2D eigenvalue weighted by Crippen LogP contribution is 2.30. The Morgan fingerprint density at radius 3 is 2.57 bits per heavy atom. The number of carbonyl (C=O) groups excluding carboxylic acids is 2. The number of piperidine rings is 1. The summed E-state index contributed by atoms with van der Waals surface area (Å²) in [7, 11) is 1.63. The van der Waals surface area contributed by atoms with Gasteiger partial charge < -0.3 is 10.6 Å². The molecular weight excluding hydrogens is 385 g/mol. The summed E-state index contributed by atoms with van der Waals surface area (Å²) < 4.78 is 15.5. The second kappa shape index (κ2) is 9.09. The minimum absolute atomic E-state index is 0.0185. The molecule has 158 valence electrons. The number of rotatable bonds is 5. The van der Waals surface area contributed by atoms with Crippen molar-refractivity contribution in [2.75, 3.05) is 32.0 Å². The van der Waals surface area contributed by atoms with Crippen LogP contribution in [0.5, 0.6) is 0 Å². The summed E-state index contributed by atoms with van der Waals surface area (Å²) in [6.45, 7) is 5.11. The Morgan fingerprint density at radius 1 is 1.27 bits per heavy atom. The number of benzene rings is 1. The van der Waals surface area contributed by atoms with Crippen molar-refractivity contribution < 1.29 is 14.0 Å². The first-order valence-corrected chi connectivity index (χ1v) is 9.97. The van der Waals surface area contributed by atoms with Crippen LogP contribution in [0.3, 0.4) is 0 Å². The number of halogens is 1. The highest BCUT2D eigenvalue weighted by Gasteiger charge is 2.26. The molecule has 0 spiro atoms. The van der Waals surface area contributed by atoms with Crippen LogP contribution in [0, 0.1) is 36.9 Å². The van der Waals surface area contributed by atoms with Gasteiger partial charge in [0, 0.05) is 18.7 Å². The third kappa shape index (κ3) is 4.36. The van der Waals surface area contributed by atoms with E-state index in [2.05, 4.69) is 16.7 Å². The predicted molar refractivity (Wildman–Crippen MR) is 112 cm³/mol. The number of anilines is 1. The lowest BCUT2D eigenvalue weighted by atomic mass is 9.96. The molecule has 1 aliphatic rings. The number of likely N-dealkylation sites (tertiary alicyclic amines) is 1. The van der Waals surface area contributed by atoms with Gasteiger partial charge in [-0.1, -0.05) is 6.07 Å². The zero-order chi connectivity index (χ0) is 21.8. The zero-order valence-corrected chi connectivity index (χ0v) is 17.5. The van der Waals surface area contributed by atoms with E-state index in [4.69, 9.17) is 0 Å². The average Bonchev–Trinajstić information content (AvgIpc) is 2.97. The van der Waals surface area contributed by atoms with E-state index < -0.39 is 5.82 Å². The molecule has 8 heteroatoms. The van der Waals surface area contributed by atoms with Gasteiger partial charge in [0.1, 0.15) is 17.7 Å². The fourth-order valence-electron chi connectivity index (χ4n) is 3.93. The van der Waals surface area contributed by atoms with Crippen LogP contribution in [0.15, 0.2) is 24.3 Å². The molecule has 3 rings (SSSR count). The van der Waals surface area contributed by atoms with E-state index in [1.807, 2.05) is 18.7 Å². The molecule has 7 nitrogen and oxygen atoms in total. The van der Waals surface area contributed by atoms with E-state index in [-0.39, 0.29) is 24.3 Å². The van der Waals surface area contributed by atoms with Crippen LogP contribution < -0.4 is 10.6 Å². The Kier molecular flexibility index (Phi) is 6.53. The summed E-state index contributed by atoms with van der Waals surface area (Å²) in [5.41, 5.74) is 2.41. The number of aromatic nitrogens is 1. The predicted octanol–water partition coefficient (Wildman–Crippen LogP) is 2.50. The Bertz CT molecular complexity index is 1000. The van der Waals surface area contributed by atoms with Gasteiger partial charge in [-0.15, -0.1) is 0 Å². The van der Waals surface area contributed by atoms with Crippen molar-refractivity contribution in [2.24, 2.45) is 5.92 Å². The molecule has 0 unspecified atom stereocenters. The lowest BCUT2D eigenvalue weighted by Crippen LogP contribution is -2.42. The van der Waals surface area contributed by atoms with E-state index >= 15 is 0 Å². The molecule has 0 saturated carbocycles. The van der Waals surface area contributed by atoms with Crippen LogP contribution in [0.2, 0.25) is 0 Å². The van der Waals surface area contributed by atoms with Gasteiger partial charge in [0.2, 0.25) is 11.8 Å². The van der Waals surface area contributed by atoms with Gasteiger partial charge in [-0.3, -0.25) is 19.1 Å². The second-order valence-electron chi connectivity index (χ2n) is 7.57. The molecule has 2 aromatic rings. The monoisotopic (exact) mass is 411 g/mol. The molecule has 0 bridgehead atoms. The molecule has 2 heterocycles. The van der Waals surface area contributed by atoms with Gasteiger partial charge in [-0.25, -0.2) is 4.39 Å². The number of hydrogen-bond acceptors (Lipinski definition) is 4. The number of hydrogen-bond donors (Lipinski definition) is 2. The summed E-state index contributed by atoms with van der Waals surface area (Å²) in [5.74, 6) is -0.275. The van der Waals surface area contributed by atoms with Crippen LogP contribution in [-0.4, -0.2) is 48.0 Å². The molecule has 1 saturated heterocycles. The Labute approximate surface area is 175 Å². The van der Waals surface area contributed by atoms with Crippen molar-refractivity contribution in [3.8, 4) is 11.8 Å².